The van der Waals surface area contributed by atoms with Gasteiger partial charge < -0.3 is 10.1 Å². The molecule has 0 fully saturated rings. The zero-order chi connectivity index (χ0) is 15.4. The normalized spacial score (nSPS) is 12.2. The first-order valence-corrected chi connectivity index (χ1v) is 7.44. The van der Waals surface area contributed by atoms with Crippen molar-refractivity contribution in [1.29, 1.82) is 0 Å². The van der Waals surface area contributed by atoms with Crippen molar-refractivity contribution < 1.29 is 9.53 Å². The summed E-state index contributed by atoms with van der Waals surface area (Å²) in [6.45, 7) is 4.07. The highest BCUT2D eigenvalue weighted by Crippen LogP contribution is 2.23. The number of halogens is 1. The Bertz CT molecular complexity index is 608. The predicted octanol–water partition coefficient (Wildman–Crippen LogP) is 3.55. The Kier molecular flexibility index (Phi) is 5.01. The molecule has 0 aliphatic heterocycles. The molecule has 5 nitrogen and oxygen atoms in total. The number of nitrogens with one attached hydrogen (secondary N) is 1. The summed E-state index contributed by atoms with van der Waals surface area (Å²) in [7, 11) is 1.38. The number of hydrogen-bond acceptors (Lipinski definition) is 4. The minimum Gasteiger partial charge on any atom is -0.467 e. The smallest absolute Gasteiger partial charge is 0.333 e. The van der Waals surface area contributed by atoms with Crippen LogP contribution in [-0.4, -0.2) is 22.9 Å². The SMILES string of the molecule is COC(=O)C(Nc1ccc(Br)cc1)c1cnn(C(C)C)c1. The van der Waals surface area contributed by atoms with Crippen molar-refractivity contribution in [1.82, 2.24) is 9.78 Å². The third-order valence-corrected chi connectivity index (χ3v) is 3.60. The number of benzene rings is 1. The van der Waals surface area contributed by atoms with Gasteiger partial charge in [0.05, 0.1) is 13.3 Å². The third-order valence-electron chi connectivity index (χ3n) is 3.08. The quantitative estimate of drug-likeness (QED) is 0.836. The van der Waals surface area contributed by atoms with Gasteiger partial charge in [-0.2, -0.15) is 5.10 Å². The van der Waals surface area contributed by atoms with Gasteiger partial charge in [-0.15, -0.1) is 0 Å². The topological polar surface area (TPSA) is 56.1 Å². The van der Waals surface area contributed by atoms with Crippen molar-refractivity contribution in [2.24, 2.45) is 0 Å². The number of nitrogens with zero attached hydrogens (tertiary/aromatic N) is 2. The predicted molar refractivity (Wildman–Crippen MR) is 85.1 cm³/mol. The molecular weight excluding hydrogens is 334 g/mol. The molecule has 21 heavy (non-hydrogen) atoms. The highest BCUT2D eigenvalue weighted by molar-refractivity contribution is 9.10. The second kappa shape index (κ2) is 6.76. The van der Waals surface area contributed by atoms with Gasteiger partial charge >= 0.3 is 5.97 Å². The third kappa shape index (κ3) is 3.85. The van der Waals surface area contributed by atoms with Gasteiger partial charge in [0.25, 0.3) is 0 Å². The van der Waals surface area contributed by atoms with Gasteiger partial charge in [0.15, 0.2) is 6.04 Å². The molecule has 0 radical (unpaired) electrons. The number of rotatable bonds is 5. The van der Waals surface area contributed by atoms with Crippen LogP contribution in [0.15, 0.2) is 41.1 Å². The molecule has 112 valence electrons. The van der Waals surface area contributed by atoms with Crippen molar-refractivity contribution >= 4 is 27.6 Å². The minimum atomic E-state index is -0.580. The number of esters is 1. The monoisotopic (exact) mass is 351 g/mol. The number of carbonyl (C=O) groups is 1. The molecule has 0 saturated carbocycles. The van der Waals surface area contributed by atoms with Crippen LogP contribution in [0.3, 0.4) is 0 Å². The molecule has 1 unspecified atom stereocenters. The molecule has 0 saturated heterocycles. The van der Waals surface area contributed by atoms with Crippen LogP contribution in [0.25, 0.3) is 0 Å². The van der Waals surface area contributed by atoms with E-state index in [1.54, 1.807) is 6.20 Å². The Hall–Kier alpha value is -1.82. The van der Waals surface area contributed by atoms with Gasteiger partial charge in [-0.1, -0.05) is 15.9 Å². The lowest BCUT2D eigenvalue weighted by molar-refractivity contribution is -0.141. The second-order valence-electron chi connectivity index (χ2n) is 4.95. The van der Waals surface area contributed by atoms with Crippen LogP contribution in [-0.2, 0) is 9.53 Å². The van der Waals surface area contributed by atoms with E-state index < -0.39 is 6.04 Å². The maximum atomic E-state index is 12.0. The van der Waals surface area contributed by atoms with Crippen LogP contribution in [0.4, 0.5) is 5.69 Å². The van der Waals surface area contributed by atoms with Gasteiger partial charge in [-0.3, -0.25) is 4.68 Å². The summed E-state index contributed by atoms with van der Waals surface area (Å²) in [6, 6.07) is 7.27. The standard InChI is InChI=1S/C15H18BrN3O2/c1-10(2)19-9-11(8-17-19)14(15(20)21-3)18-13-6-4-12(16)5-7-13/h4-10,14,18H,1-3H3. The fraction of sp³-hybridized carbons (Fsp3) is 0.333. The molecule has 1 aromatic heterocycles. The van der Waals surface area contributed by atoms with Crippen molar-refractivity contribution in [3.05, 3.63) is 46.7 Å². The minimum absolute atomic E-state index is 0.240. The maximum Gasteiger partial charge on any atom is 0.333 e. The molecule has 0 spiro atoms. The molecule has 2 rings (SSSR count). The number of hydrogen-bond donors (Lipinski definition) is 1. The fourth-order valence-electron chi connectivity index (χ4n) is 1.89. The summed E-state index contributed by atoms with van der Waals surface area (Å²) in [6.07, 6.45) is 3.55. The lowest BCUT2D eigenvalue weighted by atomic mass is 10.1. The van der Waals surface area contributed by atoms with E-state index in [1.807, 2.05) is 49.0 Å². The van der Waals surface area contributed by atoms with Crippen LogP contribution >= 0.6 is 15.9 Å². The van der Waals surface area contributed by atoms with Crippen molar-refractivity contribution in [2.75, 3.05) is 12.4 Å². The van der Waals surface area contributed by atoms with E-state index in [-0.39, 0.29) is 12.0 Å². The summed E-state index contributed by atoms with van der Waals surface area (Å²) in [4.78, 5) is 12.0. The molecule has 0 aliphatic rings. The van der Waals surface area contributed by atoms with E-state index in [0.717, 1.165) is 15.7 Å². The van der Waals surface area contributed by atoms with Crippen LogP contribution in [0.1, 0.15) is 31.5 Å². The van der Waals surface area contributed by atoms with Gasteiger partial charge in [0, 0.05) is 28.0 Å². The molecule has 0 amide bonds. The van der Waals surface area contributed by atoms with Crippen molar-refractivity contribution in [2.45, 2.75) is 25.9 Å². The van der Waals surface area contributed by atoms with E-state index in [2.05, 4.69) is 26.3 Å². The van der Waals surface area contributed by atoms with Crippen LogP contribution in [0.2, 0.25) is 0 Å². The molecule has 6 heteroatoms. The number of methoxy groups -OCH3 is 1. The largest absolute Gasteiger partial charge is 0.467 e. The van der Waals surface area contributed by atoms with E-state index >= 15 is 0 Å². The highest BCUT2D eigenvalue weighted by Gasteiger charge is 2.23. The lowest BCUT2D eigenvalue weighted by Crippen LogP contribution is -2.22. The first-order valence-electron chi connectivity index (χ1n) is 6.65. The number of carbonyl (C=O) groups excluding carboxylic acids is 1. The van der Waals surface area contributed by atoms with Gasteiger partial charge in [-0.25, -0.2) is 4.79 Å². The summed E-state index contributed by atoms with van der Waals surface area (Å²) in [5.74, 6) is -0.346. The Morgan fingerprint density at radius 3 is 2.52 bits per heavy atom. The maximum absolute atomic E-state index is 12.0. The van der Waals surface area contributed by atoms with Gasteiger partial charge in [0.1, 0.15) is 0 Å². The Morgan fingerprint density at radius 2 is 2.00 bits per heavy atom. The van der Waals surface area contributed by atoms with Gasteiger partial charge in [0.2, 0.25) is 0 Å². The van der Waals surface area contributed by atoms with Crippen LogP contribution in [0.5, 0.6) is 0 Å². The van der Waals surface area contributed by atoms with Crippen molar-refractivity contribution in [3.8, 4) is 0 Å². The average molecular weight is 352 g/mol. The Morgan fingerprint density at radius 1 is 1.33 bits per heavy atom. The molecule has 0 aliphatic carbocycles. The molecule has 1 aromatic carbocycles. The summed E-state index contributed by atoms with van der Waals surface area (Å²) in [5.41, 5.74) is 1.62. The van der Waals surface area contributed by atoms with E-state index in [0.29, 0.717) is 0 Å². The zero-order valence-corrected chi connectivity index (χ0v) is 13.8. The molecule has 1 N–H and O–H groups in total. The van der Waals surface area contributed by atoms with Crippen molar-refractivity contribution in [3.63, 3.8) is 0 Å². The average Bonchev–Trinajstić information content (AvgIpc) is 2.95. The second-order valence-corrected chi connectivity index (χ2v) is 5.87. The number of aromatic nitrogens is 2. The van der Waals surface area contributed by atoms with Crippen LogP contribution in [0, 0.1) is 0 Å². The number of anilines is 1. The zero-order valence-electron chi connectivity index (χ0n) is 12.2. The fourth-order valence-corrected chi connectivity index (χ4v) is 2.16. The first-order chi connectivity index (χ1) is 10.0. The summed E-state index contributed by atoms with van der Waals surface area (Å²) < 4.78 is 7.68. The van der Waals surface area contributed by atoms with E-state index in [1.165, 1.54) is 7.11 Å². The summed E-state index contributed by atoms with van der Waals surface area (Å²) >= 11 is 3.39. The lowest BCUT2D eigenvalue weighted by Gasteiger charge is -2.16. The molecule has 2 aromatic rings. The molecule has 0 bridgehead atoms. The van der Waals surface area contributed by atoms with E-state index in [4.69, 9.17) is 4.74 Å². The number of ether oxygens (including phenoxy) is 1. The Labute approximate surface area is 132 Å². The van der Waals surface area contributed by atoms with Crippen LogP contribution < -0.4 is 5.32 Å². The molecular formula is C15H18BrN3O2. The Balaban J connectivity index is 2.25. The van der Waals surface area contributed by atoms with E-state index in [9.17, 15) is 4.79 Å². The highest BCUT2D eigenvalue weighted by atomic mass is 79.9. The molecule has 1 heterocycles. The first kappa shape index (κ1) is 15.6. The molecule has 1 atom stereocenters. The summed E-state index contributed by atoms with van der Waals surface area (Å²) in [5, 5.41) is 7.45. The van der Waals surface area contributed by atoms with Gasteiger partial charge in [-0.05, 0) is 38.1 Å².